The number of aryl methyl sites for hydroxylation is 1. The molecule has 1 saturated carbocycles. The second kappa shape index (κ2) is 8.64. The predicted molar refractivity (Wildman–Crippen MR) is 106 cm³/mol. The summed E-state index contributed by atoms with van der Waals surface area (Å²) in [5, 5.41) is 3.38. The van der Waals surface area contributed by atoms with Crippen molar-refractivity contribution in [2.45, 2.75) is 32.2 Å². The highest BCUT2D eigenvalue weighted by Gasteiger charge is 2.36. The average molecular weight is 443 g/mol. The summed E-state index contributed by atoms with van der Waals surface area (Å²) in [6.45, 7) is 4.98. The number of piperazine rings is 1. The van der Waals surface area contributed by atoms with Gasteiger partial charge >= 0.3 is 0 Å². The standard InChI is InChI=1S/C17H25N5O.HI/c1-13-11-19-7-5-14(13)6-8-20-17(18-2)21-9-10-22(15-3-4-15)16(23)12-21;/h5,7,11,15H,3-4,6,8-10,12H2,1-2H3,(H,18,20);1H. The second-order valence-corrected chi connectivity index (χ2v) is 6.27. The zero-order valence-corrected chi connectivity index (χ0v) is 16.7. The lowest BCUT2D eigenvalue weighted by Crippen LogP contribution is -2.55. The molecule has 2 aliphatic rings. The molecule has 1 N–H and O–H groups in total. The van der Waals surface area contributed by atoms with Crippen LogP contribution in [0.2, 0.25) is 0 Å². The number of guanidine groups is 1. The first-order chi connectivity index (χ1) is 11.2. The fourth-order valence-corrected chi connectivity index (χ4v) is 3.06. The monoisotopic (exact) mass is 443 g/mol. The summed E-state index contributed by atoms with van der Waals surface area (Å²) >= 11 is 0. The van der Waals surface area contributed by atoms with Crippen molar-refractivity contribution < 1.29 is 4.79 Å². The number of carbonyl (C=O) groups excluding carboxylic acids is 1. The Morgan fingerprint density at radius 2 is 2.21 bits per heavy atom. The Balaban J connectivity index is 0.00000208. The third-order valence-corrected chi connectivity index (χ3v) is 4.57. The minimum Gasteiger partial charge on any atom is -0.356 e. The number of hydrogen-bond acceptors (Lipinski definition) is 3. The van der Waals surface area contributed by atoms with Crippen molar-refractivity contribution >= 4 is 35.8 Å². The summed E-state index contributed by atoms with van der Waals surface area (Å²) in [4.78, 5) is 24.8. The molecule has 0 bridgehead atoms. The summed E-state index contributed by atoms with van der Waals surface area (Å²) in [6.07, 6.45) is 6.98. The summed E-state index contributed by atoms with van der Waals surface area (Å²) in [6, 6.07) is 2.56. The second-order valence-electron chi connectivity index (χ2n) is 6.27. The van der Waals surface area contributed by atoms with Crippen LogP contribution in [0.25, 0.3) is 0 Å². The number of pyridine rings is 1. The van der Waals surface area contributed by atoms with Crippen molar-refractivity contribution in [2.24, 2.45) is 4.99 Å². The van der Waals surface area contributed by atoms with Gasteiger partial charge in [-0.2, -0.15) is 0 Å². The van der Waals surface area contributed by atoms with Crippen LogP contribution in [0, 0.1) is 6.92 Å². The fraction of sp³-hybridized carbons (Fsp3) is 0.588. The van der Waals surface area contributed by atoms with Gasteiger partial charge in [0.2, 0.25) is 5.91 Å². The third-order valence-electron chi connectivity index (χ3n) is 4.57. The number of aromatic nitrogens is 1. The van der Waals surface area contributed by atoms with Gasteiger partial charge in [-0.1, -0.05) is 0 Å². The maximum absolute atomic E-state index is 12.2. The molecule has 1 saturated heterocycles. The molecule has 1 aromatic heterocycles. The quantitative estimate of drug-likeness (QED) is 0.435. The first-order valence-corrected chi connectivity index (χ1v) is 8.33. The van der Waals surface area contributed by atoms with Crippen molar-refractivity contribution in [1.82, 2.24) is 20.1 Å². The highest BCUT2D eigenvalue weighted by atomic mass is 127. The van der Waals surface area contributed by atoms with Crippen LogP contribution in [0.4, 0.5) is 0 Å². The smallest absolute Gasteiger partial charge is 0.242 e. The van der Waals surface area contributed by atoms with Gasteiger partial charge in [-0.3, -0.25) is 14.8 Å². The Morgan fingerprint density at radius 3 is 2.83 bits per heavy atom. The van der Waals surface area contributed by atoms with Crippen LogP contribution in [0.1, 0.15) is 24.0 Å². The van der Waals surface area contributed by atoms with Gasteiger partial charge in [0.15, 0.2) is 5.96 Å². The van der Waals surface area contributed by atoms with E-state index in [1.807, 2.05) is 17.3 Å². The van der Waals surface area contributed by atoms with Gasteiger partial charge in [-0.05, 0) is 43.4 Å². The fourth-order valence-electron chi connectivity index (χ4n) is 3.06. The molecule has 2 heterocycles. The minimum absolute atomic E-state index is 0. The molecule has 6 nitrogen and oxygen atoms in total. The van der Waals surface area contributed by atoms with E-state index in [-0.39, 0.29) is 29.9 Å². The van der Waals surface area contributed by atoms with Crippen molar-refractivity contribution in [3.63, 3.8) is 0 Å². The van der Waals surface area contributed by atoms with Gasteiger partial charge in [0.1, 0.15) is 0 Å². The first kappa shape index (κ1) is 19.0. The summed E-state index contributed by atoms with van der Waals surface area (Å²) in [5.74, 6) is 1.05. The lowest BCUT2D eigenvalue weighted by atomic mass is 10.1. The molecule has 2 fully saturated rings. The van der Waals surface area contributed by atoms with Crippen LogP contribution >= 0.6 is 24.0 Å². The molecule has 24 heavy (non-hydrogen) atoms. The number of hydrogen-bond donors (Lipinski definition) is 1. The number of aliphatic imine (C=N–C) groups is 1. The van der Waals surface area contributed by atoms with E-state index in [9.17, 15) is 4.79 Å². The van der Waals surface area contributed by atoms with Crippen LogP contribution in [-0.2, 0) is 11.2 Å². The third kappa shape index (κ3) is 4.58. The van der Waals surface area contributed by atoms with Gasteiger partial charge in [-0.25, -0.2) is 0 Å². The summed E-state index contributed by atoms with van der Waals surface area (Å²) < 4.78 is 0. The minimum atomic E-state index is 0. The van der Waals surface area contributed by atoms with Gasteiger partial charge in [0, 0.05) is 45.1 Å². The number of amides is 1. The molecule has 1 aliphatic heterocycles. The molecular weight excluding hydrogens is 417 g/mol. The summed E-state index contributed by atoms with van der Waals surface area (Å²) in [5.41, 5.74) is 2.50. The normalized spacial score (nSPS) is 18.4. The van der Waals surface area contributed by atoms with E-state index in [0.717, 1.165) is 32.0 Å². The highest BCUT2D eigenvalue weighted by Crippen LogP contribution is 2.27. The molecule has 1 amide bonds. The van der Waals surface area contributed by atoms with Crippen LogP contribution in [0.5, 0.6) is 0 Å². The zero-order chi connectivity index (χ0) is 16.2. The molecule has 0 aromatic carbocycles. The van der Waals surface area contributed by atoms with Crippen molar-refractivity contribution in [3.05, 3.63) is 29.6 Å². The number of nitrogens with one attached hydrogen (secondary N) is 1. The Hall–Kier alpha value is -1.38. The van der Waals surface area contributed by atoms with E-state index in [4.69, 9.17) is 0 Å². The molecule has 3 rings (SSSR count). The maximum Gasteiger partial charge on any atom is 0.242 e. The number of rotatable bonds is 4. The van der Waals surface area contributed by atoms with E-state index in [0.29, 0.717) is 12.6 Å². The largest absolute Gasteiger partial charge is 0.356 e. The van der Waals surface area contributed by atoms with Crippen LogP contribution < -0.4 is 5.32 Å². The SMILES string of the molecule is CN=C(NCCc1ccncc1C)N1CCN(C2CC2)C(=O)C1.I. The van der Waals surface area contributed by atoms with Gasteiger partial charge in [0.25, 0.3) is 0 Å². The Kier molecular flexibility index (Phi) is 6.82. The average Bonchev–Trinajstić information content (AvgIpc) is 3.38. The number of nitrogens with zero attached hydrogens (tertiary/aromatic N) is 4. The highest BCUT2D eigenvalue weighted by molar-refractivity contribution is 14.0. The topological polar surface area (TPSA) is 60.8 Å². The van der Waals surface area contributed by atoms with Crippen molar-refractivity contribution in [2.75, 3.05) is 33.2 Å². The molecule has 0 atom stereocenters. The van der Waals surface area contributed by atoms with Gasteiger partial charge < -0.3 is 15.1 Å². The molecule has 7 heteroatoms. The molecule has 0 unspecified atom stereocenters. The van der Waals surface area contributed by atoms with Crippen LogP contribution in [0.15, 0.2) is 23.5 Å². The van der Waals surface area contributed by atoms with Gasteiger partial charge in [-0.15, -0.1) is 24.0 Å². The lowest BCUT2D eigenvalue weighted by Gasteiger charge is -2.36. The van der Waals surface area contributed by atoms with E-state index in [2.05, 4.69) is 33.2 Å². The van der Waals surface area contributed by atoms with Crippen molar-refractivity contribution in [1.29, 1.82) is 0 Å². The Bertz CT molecular complexity index is 602. The predicted octanol–water partition coefficient (Wildman–Crippen LogP) is 1.43. The van der Waals surface area contributed by atoms with E-state index in [1.165, 1.54) is 24.0 Å². The number of carbonyl (C=O) groups is 1. The Labute approximate surface area is 160 Å². The van der Waals surface area contributed by atoms with Crippen LogP contribution in [-0.4, -0.2) is 65.9 Å². The van der Waals surface area contributed by atoms with E-state index >= 15 is 0 Å². The first-order valence-electron chi connectivity index (χ1n) is 8.33. The zero-order valence-electron chi connectivity index (χ0n) is 14.4. The summed E-state index contributed by atoms with van der Waals surface area (Å²) in [7, 11) is 1.78. The Morgan fingerprint density at radius 1 is 1.42 bits per heavy atom. The van der Waals surface area contributed by atoms with Crippen molar-refractivity contribution in [3.8, 4) is 0 Å². The number of halogens is 1. The molecule has 1 aromatic rings. The van der Waals surface area contributed by atoms with E-state index in [1.54, 1.807) is 7.05 Å². The molecule has 1 aliphatic carbocycles. The molecule has 0 spiro atoms. The molecule has 0 radical (unpaired) electrons. The van der Waals surface area contributed by atoms with E-state index < -0.39 is 0 Å². The molecule has 132 valence electrons. The molecular formula is C17H26IN5O. The van der Waals surface area contributed by atoms with Gasteiger partial charge in [0.05, 0.1) is 6.54 Å². The lowest BCUT2D eigenvalue weighted by molar-refractivity contribution is -0.135. The maximum atomic E-state index is 12.2. The van der Waals surface area contributed by atoms with Crippen LogP contribution in [0.3, 0.4) is 0 Å².